The Morgan fingerprint density at radius 3 is 2.33 bits per heavy atom. The number of hydrogen-bond acceptors (Lipinski definition) is 5. The molecule has 0 amide bonds. The largest absolute Gasteiger partial charge is 1.00 e. The molecule has 0 aliphatic heterocycles. The van der Waals surface area contributed by atoms with Crippen LogP contribution in [0.2, 0.25) is 0 Å². The van der Waals surface area contributed by atoms with Gasteiger partial charge in [0, 0.05) is 5.56 Å². The van der Waals surface area contributed by atoms with Crippen LogP contribution in [-0.4, -0.2) is 18.9 Å². The molecule has 0 aliphatic rings. The van der Waals surface area contributed by atoms with Gasteiger partial charge in [-0.25, -0.2) is 0 Å². The molecule has 1 rings (SSSR count). The van der Waals surface area contributed by atoms with E-state index in [0.29, 0.717) is 0 Å². The number of carbonyl (C=O) groups is 1. The second-order valence-corrected chi connectivity index (χ2v) is 3.32. The van der Waals surface area contributed by atoms with Crippen LogP contribution >= 0.6 is 0 Å². The Labute approximate surface area is 106 Å². The van der Waals surface area contributed by atoms with E-state index < -0.39 is 27.7 Å². The molecule has 15 heavy (non-hydrogen) atoms. The molecular weight excluding hydrogens is 413 g/mol. The van der Waals surface area contributed by atoms with E-state index in [2.05, 4.69) is 4.18 Å². The van der Waals surface area contributed by atoms with Crippen molar-refractivity contribution in [1.29, 1.82) is 0 Å². The fraction of sp³-hybridized carbons (Fsp3) is 0. The Kier molecular flexibility index (Phi) is 5.19. The van der Waals surface area contributed by atoms with Crippen LogP contribution in [-0.2, 0) is 38.1 Å². The van der Waals surface area contributed by atoms with Gasteiger partial charge in [-0.3, -0.25) is 4.55 Å². The molecule has 0 saturated carbocycles. The smallest absolute Gasteiger partial charge is 0.545 e. The number of hydrogen-bond donors (Lipinski definition) is 1. The van der Waals surface area contributed by atoms with Gasteiger partial charge < -0.3 is 14.1 Å². The third-order valence-corrected chi connectivity index (χ3v) is 1.69. The fourth-order valence-electron chi connectivity index (χ4n) is 0.821. The van der Waals surface area contributed by atoms with Crippen molar-refractivity contribution in [1.82, 2.24) is 0 Å². The quantitative estimate of drug-likeness (QED) is 0.511. The zero-order chi connectivity index (χ0) is 10.8. The Bertz CT molecular complexity index is 454. The monoisotopic (exact) mass is 419 g/mol. The summed E-state index contributed by atoms with van der Waals surface area (Å²) in [4.78, 5) is 10.4. The third-order valence-electron chi connectivity index (χ3n) is 1.30. The first kappa shape index (κ1) is 14.3. The van der Waals surface area contributed by atoms with Crippen LogP contribution in [0.15, 0.2) is 24.3 Å². The molecule has 6 nitrogen and oxygen atoms in total. The van der Waals surface area contributed by atoms with E-state index >= 15 is 0 Å². The number of para-hydroxylation sites is 1. The van der Waals surface area contributed by atoms with E-state index in [-0.39, 0.29) is 27.7 Å². The first-order chi connectivity index (χ1) is 6.40. The summed E-state index contributed by atoms with van der Waals surface area (Å²) >= 11 is 0. The summed E-state index contributed by atoms with van der Waals surface area (Å²) in [6, 6.07) is 4.89. The molecule has 0 saturated heterocycles. The Balaban J connectivity index is 0.00000196. The average Bonchev–Trinajstić information content (AvgIpc) is 2.01. The van der Waals surface area contributed by atoms with Gasteiger partial charge in [0.1, 0.15) is 0 Å². The van der Waals surface area contributed by atoms with E-state index in [1.54, 1.807) is 0 Å². The molecule has 0 atom stereocenters. The van der Waals surface area contributed by atoms with Crippen LogP contribution in [0.4, 0.5) is 0 Å². The van der Waals surface area contributed by atoms with Crippen molar-refractivity contribution < 1.29 is 54.7 Å². The summed E-state index contributed by atoms with van der Waals surface area (Å²) in [7, 11) is -4.72. The van der Waals surface area contributed by atoms with Crippen LogP contribution in [0.3, 0.4) is 0 Å². The topological polar surface area (TPSA) is 104 Å². The second kappa shape index (κ2) is 5.43. The van der Waals surface area contributed by atoms with Gasteiger partial charge in [0.15, 0.2) is 5.75 Å². The Morgan fingerprint density at radius 1 is 1.33 bits per heavy atom. The Morgan fingerprint density at radius 2 is 1.87 bits per heavy atom. The third kappa shape index (κ3) is 4.58. The molecule has 0 aliphatic carbocycles. The molecule has 0 spiro atoms. The number of carboxylic acids is 1. The van der Waals surface area contributed by atoms with Crippen molar-refractivity contribution in [2.24, 2.45) is 0 Å². The molecule has 1 radical (unpaired) electrons. The van der Waals surface area contributed by atoms with Gasteiger partial charge in [-0.1, -0.05) is 12.1 Å². The maximum absolute atomic E-state index is 10.4. The number of rotatable bonds is 3. The predicted molar refractivity (Wildman–Crippen MR) is 42.9 cm³/mol. The van der Waals surface area contributed by atoms with Crippen molar-refractivity contribution >= 4 is 16.4 Å². The number of carboxylic acid groups (broad SMARTS) is 1. The van der Waals surface area contributed by atoms with Crippen molar-refractivity contribution in [3.63, 3.8) is 0 Å². The van der Waals surface area contributed by atoms with Crippen molar-refractivity contribution in [3.8, 4) is 5.75 Å². The van der Waals surface area contributed by atoms with Gasteiger partial charge in [0.2, 0.25) is 0 Å². The van der Waals surface area contributed by atoms with Crippen LogP contribution in [0.25, 0.3) is 0 Å². The van der Waals surface area contributed by atoms with Crippen molar-refractivity contribution in [3.05, 3.63) is 29.8 Å². The number of aromatic carboxylic acids is 1. The Hall–Kier alpha value is -0.665. The molecule has 0 unspecified atom stereocenters. The summed E-state index contributed by atoms with van der Waals surface area (Å²) in [5.74, 6) is -2.08. The average molecular weight is 418 g/mol. The number of benzene rings is 1. The molecule has 0 fully saturated rings. The number of carbonyl (C=O) groups excluding carboxylic acids is 1. The van der Waals surface area contributed by atoms with E-state index in [1.165, 1.54) is 12.1 Å². The molecule has 77 valence electrons. The minimum atomic E-state index is -4.72. The van der Waals surface area contributed by atoms with Gasteiger partial charge in [-0.2, -0.15) is 8.42 Å². The molecule has 1 aromatic carbocycles. The van der Waals surface area contributed by atoms with Gasteiger partial charge in [-0.15, -0.1) is 0 Å². The van der Waals surface area contributed by atoms with E-state index in [0.717, 1.165) is 12.1 Å². The summed E-state index contributed by atoms with van der Waals surface area (Å²) in [5.41, 5.74) is -0.454. The summed E-state index contributed by atoms with van der Waals surface area (Å²) in [6.45, 7) is 0. The van der Waals surface area contributed by atoms with Gasteiger partial charge in [0.05, 0.1) is 5.97 Å². The normalized spacial score (nSPS) is 10.2. The summed E-state index contributed by atoms with van der Waals surface area (Å²) in [6.07, 6.45) is 0. The molecule has 0 aromatic heterocycles. The second-order valence-electron chi connectivity index (χ2n) is 2.29. The molecule has 1 aromatic rings. The first-order valence-electron chi connectivity index (χ1n) is 3.37. The zero-order valence-corrected chi connectivity index (χ0v) is 13.7. The van der Waals surface area contributed by atoms with Crippen LogP contribution in [0.5, 0.6) is 5.75 Å². The van der Waals surface area contributed by atoms with E-state index in [4.69, 9.17) is 4.55 Å². The van der Waals surface area contributed by atoms with E-state index in [1.807, 2.05) is 0 Å². The SMILES string of the molecule is O=C([O-])c1ccccc1OS(=O)(=O)O.[Hg+]. The van der Waals surface area contributed by atoms with E-state index in [9.17, 15) is 18.3 Å². The van der Waals surface area contributed by atoms with Crippen LogP contribution in [0, 0.1) is 0 Å². The summed E-state index contributed by atoms with van der Waals surface area (Å²) in [5, 5.41) is 10.4. The minimum absolute atomic E-state index is 0. The molecule has 0 heterocycles. The van der Waals surface area contributed by atoms with Gasteiger partial charge >= 0.3 is 38.1 Å². The van der Waals surface area contributed by atoms with Gasteiger partial charge in [-0.05, 0) is 12.1 Å². The maximum atomic E-state index is 10.4. The maximum Gasteiger partial charge on any atom is 1.00 e. The molecule has 8 heteroatoms. The minimum Gasteiger partial charge on any atom is -0.545 e. The molecule has 0 bridgehead atoms. The molecule has 1 N–H and O–H groups in total. The molecular formula is C7H5HgO6S. The first-order valence-corrected chi connectivity index (χ1v) is 4.74. The fourth-order valence-corrected chi connectivity index (χ4v) is 1.19. The zero-order valence-electron chi connectivity index (χ0n) is 7.41. The van der Waals surface area contributed by atoms with Crippen LogP contribution in [0.1, 0.15) is 10.4 Å². The predicted octanol–water partition coefficient (Wildman–Crippen LogP) is -0.771. The van der Waals surface area contributed by atoms with Crippen LogP contribution < -0.4 is 9.29 Å². The van der Waals surface area contributed by atoms with Gasteiger partial charge in [0.25, 0.3) is 0 Å². The summed E-state index contributed by atoms with van der Waals surface area (Å²) < 4.78 is 32.9. The standard InChI is InChI=1S/C7H6O6S.Hg/c8-7(9)5-3-1-2-4-6(5)13-14(10,11)12;/h1-4H,(H,8,9)(H,10,11,12);/q;+1/p-1. The van der Waals surface area contributed by atoms with Crippen molar-refractivity contribution in [2.75, 3.05) is 0 Å². The van der Waals surface area contributed by atoms with Crippen molar-refractivity contribution in [2.45, 2.75) is 0 Å².